The summed E-state index contributed by atoms with van der Waals surface area (Å²) >= 11 is 5.83. The number of ether oxygens (including phenoxy) is 3. The molecule has 0 aliphatic heterocycles. The molecule has 1 saturated carbocycles. The van der Waals surface area contributed by atoms with Gasteiger partial charge in [-0.25, -0.2) is 9.18 Å². The topological polar surface area (TPSA) is 86.8 Å². The van der Waals surface area contributed by atoms with Crippen molar-refractivity contribution in [2.75, 3.05) is 20.8 Å². The molecule has 4 rings (SSSR count). The number of hydrogen-bond donors (Lipinski definition) is 1. The number of hydrogen-bond acceptors (Lipinski definition) is 6. The first-order chi connectivity index (χ1) is 18.5. The Kier molecular flexibility index (Phi) is 8.29. The second kappa shape index (κ2) is 11.5. The summed E-state index contributed by atoms with van der Waals surface area (Å²) in [5, 5.41) is 2.01. The van der Waals surface area contributed by atoms with Crippen LogP contribution in [0.3, 0.4) is 0 Å². The lowest BCUT2D eigenvalue weighted by atomic mass is 9.99. The van der Waals surface area contributed by atoms with Gasteiger partial charge in [0.25, 0.3) is 5.91 Å². The molecule has 1 aliphatic carbocycles. The number of alkyl halides is 3. The molecular weight excluding hydrogens is 544 g/mol. The number of benzene rings is 2. The van der Waals surface area contributed by atoms with Crippen LogP contribution < -0.4 is 14.8 Å². The van der Waals surface area contributed by atoms with Crippen molar-refractivity contribution in [1.82, 2.24) is 10.3 Å². The Morgan fingerprint density at radius 1 is 1.05 bits per heavy atom. The molecule has 0 spiro atoms. The van der Waals surface area contributed by atoms with Crippen molar-refractivity contribution in [2.24, 2.45) is 0 Å². The lowest BCUT2D eigenvalue weighted by molar-refractivity contribution is -0.149. The molecule has 7 nitrogen and oxygen atoms in total. The van der Waals surface area contributed by atoms with Gasteiger partial charge in [0, 0.05) is 17.7 Å². The first-order valence-electron chi connectivity index (χ1n) is 11.8. The predicted octanol–water partition coefficient (Wildman–Crippen LogP) is 5.95. The van der Waals surface area contributed by atoms with Crippen LogP contribution in [0.2, 0.25) is 5.02 Å². The number of carbonyl (C=O) groups is 2. The largest absolute Gasteiger partial charge is 0.493 e. The summed E-state index contributed by atoms with van der Waals surface area (Å²) < 4.78 is 71.9. The molecule has 206 valence electrons. The van der Waals surface area contributed by atoms with Gasteiger partial charge in [-0.05, 0) is 61.4 Å². The molecule has 1 heterocycles. The zero-order valence-corrected chi connectivity index (χ0v) is 21.5. The highest BCUT2D eigenvalue weighted by molar-refractivity contribution is 6.31. The maximum atomic E-state index is 14.2. The van der Waals surface area contributed by atoms with Crippen LogP contribution in [0.5, 0.6) is 11.5 Å². The molecule has 2 aromatic carbocycles. The van der Waals surface area contributed by atoms with E-state index in [4.69, 9.17) is 21.1 Å². The minimum atomic E-state index is -4.85. The number of nitrogens with zero attached hydrogens (tertiary/aromatic N) is 1. The molecule has 0 saturated heterocycles. The van der Waals surface area contributed by atoms with Crippen molar-refractivity contribution >= 4 is 23.5 Å². The van der Waals surface area contributed by atoms with Crippen molar-refractivity contribution in [1.29, 1.82) is 0 Å². The van der Waals surface area contributed by atoms with Crippen molar-refractivity contribution in [3.8, 4) is 22.8 Å². The number of nitrogens with one attached hydrogen (secondary N) is 1. The van der Waals surface area contributed by atoms with Gasteiger partial charge in [-0.15, -0.1) is 0 Å². The van der Waals surface area contributed by atoms with Gasteiger partial charge in [-0.2, -0.15) is 13.2 Å². The van der Waals surface area contributed by atoms with Crippen LogP contribution in [0.15, 0.2) is 48.5 Å². The van der Waals surface area contributed by atoms with Crippen LogP contribution in [-0.2, 0) is 4.74 Å². The van der Waals surface area contributed by atoms with Crippen LogP contribution >= 0.6 is 11.6 Å². The SMILES string of the molecule is COC(=O)c1cc(-c2ccc(F)c(Cl)c2)nc(C(CNC(=O)c2ccc(OC3CC3)c(OC)c2)C(F)(F)F)c1. The highest BCUT2D eigenvalue weighted by Gasteiger charge is 2.42. The average Bonchev–Trinajstić information content (AvgIpc) is 3.73. The van der Waals surface area contributed by atoms with Gasteiger partial charge >= 0.3 is 12.1 Å². The molecule has 1 N–H and O–H groups in total. The van der Waals surface area contributed by atoms with Gasteiger partial charge in [-0.3, -0.25) is 9.78 Å². The number of methoxy groups -OCH3 is 2. The summed E-state index contributed by atoms with van der Waals surface area (Å²) in [7, 11) is 2.47. The van der Waals surface area contributed by atoms with Crippen LogP contribution in [0.4, 0.5) is 17.6 Å². The van der Waals surface area contributed by atoms with E-state index in [1.165, 1.54) is 43.5 Å². The Hall–Kier alpha value is -3.86. The van der Waals surface area contributed by atoms with E-state index in [0.717, 1.165) is 32.1 Å². The van der Waals surface area contributed by atoms with Crippen LogP contribution in [-0.4, -0.2) is 49.9 Å². The van der Waals surface area contributed by atoms with Gasteiger partial charge in [0.2, 0.25) is 0 Å². The second-order valence-corrected chi connectivity index (χ2v) is 9.18. The first-order valence-corrected chi connectivity index (χ1v) is 12.1. The van der Waals surface area contributed by atoms with Crippen molar-refractivity contribution in [3.63, 3.8) is 0 Å². The van der Waals surface area contributed by atoms with E-state index in [-0.39, 0.29) is 39.3 Å². The molecule has 1 amide bonds. The Bertz CT molecular complexity index is 1400. The number of rotatable bonds is 9. The van der Waals surface area contributed by atoms with E-state index >= 15 is 0 Å². The fourth-order valence-corrected chi connectivity index (χ4v) is 3.91. The molecule has 1 fully saturated rings. The molecule has 12 heteroatoms. The minimum Gasteiger partial charge on any atom is -0.493 e. The zero-order chi connectivity index (χ0) is 28.3. The maximum absolute atomic E-state index is 14.2. The van der Waals surface area contributed by atoms with E-state index in [0.29, 0.717) is 5.75 Å². The second-order valence-electron chi connectivity index (χ2n) is 8.77. The summed E-state index contributed by atoms with van der Waals surface area (Å²) in [6.07, 6.45) is -2.96. The van der Waals surface area contributed by atoms with Crippen molar-refractivity contribution in [3.05, 3.63) is 76.2 Å². The molecule has 1 aromatic heterocycles. The summed E-state index contributed by atoms with van der Waals surface area (Å²) in [6.45, 7) is -0.883. The predicted molar refractivity (Wildman–Crippen MR) is 134 cm³/mol. The van der Waals surface area contributed by atoms with E-state index in [1.807, 2.05) is 0 Å². The number of aromatic nitrogens is 1. The highest BCUT2D eigenvalue weighted by atomic mass is 35.5. The third-order valence-corrected chi connectivity index (χ3v) is 6.23. The third-order valence-electron chi connectivity index (χ3n) is 5.94. The molecular formula is C27H23ClF4N2O5. The third kappa shape index (κ3) is 6.78. The molecule has 1 aliphatic rings. The van der Waals surface area contributed by atoms with Gasteiger partial charge in [0.05, 0.1) is 42.3 Å². The Labute approximate surface area is 226 Å². The quantitative estimate of drug-likeness (QED) is 0.254. The number of esters is 1. The fourth-order valence-electron chi connectivity index (χ4n) is 3.73. The van der Waals surface area contributed by atoms with Gasteiger partial charge in [-0.1, -0.05) is 11.6 Å². The van der Waals surface area contributed by atoms with E-state index in [2.05, 4.69) is 15.0 Å². The van der Waals surface area contributed by atoms with E-state index < -0.39 is 42.0 Å². The van der Waals surface area contributed by atoms with Crippen molar-refractivity contribution in [2.45, 2.75) is 31.0 Å². The highest BCUT2D eigenvalue weighted by Crippen LogP contribution is 2.37. The number of pyridine rings is 1. The molecule has 0 radical (unpaired) electrons. The van der Waals surface area contributed by atoms with Gasteiger partial charge < -0.3 is 19.5 Å². The van der Waals surface area contributed by atoms with E-state index in [9.17, 15) is 27.2 Å². The normalized spacial score (nSPS) is 13.9. The first kappa shape index (κ1) is 28.2. The van der Waals surface area contributed by atoms with E-state index in [1.54, 1.807) is 0 Å². The smallest absolute Gasteiger partial charge is 0.398 e. The Morgan fingerprint density at radius 2 is 1.79 bits per heavy atom. The summed E-state index contributed by atoms with van der Waals surface area (Å²) in [4.78, 5) is 29.1. The molecule has 3 aromatic rings. The Morgan fingerprint density at radius 3 is 2.41 bits per heavy atom. The molecule has 1 atom stereocenters. The summed E-state index contributed by atoms with van der Waals surface area (Å²) in [5.74, 6) is -4.00. The standard InChI is InChI=1S/C27H23ClF4N2O5/c1-37-24-12-15(4-8-23(24)39-17-5-6-17)25(35)33-13-18(27(30,31)32)22-11-16(26(36)38-2)10-21(34-22)14-3-7-20(29)19(28)9-14/h3-4,7-12,17-18H,5-6,13H2,1-2H3,(H,33,35). The fraction of sp³-hybridized carbons (Fsp3) is 0.296. The monoisotopic (exact) mass is 566 g/mol. The number of carbonyl (C=O) groups excluding carboxylic acids is 2. The molecule has 39 heavy (non-hydrogen) atoms. The van der Waals surface area contributed by atoms with Crippen LogP contribution in [0.1, 0.15) is 45.2 Å². The molecule has 0 bridgehead atoms. The summed E-state index contributed by atoms with van der Waals surface area (Å²) in [5.41, 5.74) is -0.583. The lowest BCUT2D eigenvalue weighted by Crippen LogP contribution is -2.35. The van der Waals surface area contributed by atoms with Crippen LogP contribution in [0, 0.1) is 5.82 Å². The summed E-state index contributed by atoms with van der Waals surface area (Å²) in [6, 6.07) is 9.95. The molecule has 1 unspecified atom stereocenters. The Balaban J connectivity index is 1.63. The zero-order valence-electron chi connectivity index (χ0n) is 20.8. The van der Waals surface area contributed by atoms with Gasteiger partial charge in [0.1, 0.15) is 11.7 Å². The number of amides is 1. The lowest BCUT2D eigenvalue weighted by Gasteiger charge is -2.22. The number of halogens is 5. The average molecular weight is 567 g/mol. The van der Waals surface area contributed by atoms with Crippen molar-refractivity contribution < 1.29 is 41.4 Å². The minimum absolute atomic E-state index is 0.0636. The maximum Gasteiger partial charge on any atom is 0.398 e. The van der Waals surface area contributed by atoms with Crippen LogP contribution in [0.25, 0.3) is 11.3 Å². The van der Waals surface area contributed by atoms with Gasteiger partial charge in [0.15, 0.2) is 11.5 Å².